The van der Waals surface area contributed by atoms with Crippen molar-refractivity contribution in [3.8, 4) is 11.3 Å². The molecule has 0 unspecified atom stereocenters. The second-order valence-electron chi connectivity index (χ2n) is 5.96. The molecule has 138 valence electrons. The van der Waals surface area contributed by atoms with Gasteiger partial charge in [-0.3, -0.25) is 14.9 Å². The number of non-ortho nitro benzene ring substituents is 1. The molecule has 0 spiro atoms. The molecular formula is C19H17N3O3S2. The topological polar surface area (TPSA) is 85.1 Å². The maximum atomic E-state index is 12.2. The molecule has 0 saturated heterocycles. The Bertz CT molecular complexity index is 984. The molecule has 1 aromatic heterocycles. The minimum Gasteiger partial charge on any atom is -0.325 e. The first kappa shape index (κ1) is 19.1. The lowest BCUT2D eigenvalue weighted by Gasteiger charge is -2.07. The van der Waals surface area contributed by atoms with Crippen molar-refractivity contribution in [2.75, 3.05) is 11.1 Å². The van der Waals surface area contributed by atoms with Crippen LogP contribution in [0.3, 0.4) is 0 Å². The van der Waals surface area contributed by atoms with E-state index in [0.29, 0.717) is 11.3 Å². The summed E-state index contributed by atoms with van der Waals surface area (Å²) >= 11 is 2.87. The number of rotatable bonds is 6. The minimum atomic E-state index is -0.456. The summed E-state index contributed by atoms with van der Waals surface area (Å²) in [6, 6.07) is 12.5. The lowest BCUT2D eigenvalue weighted by molar-refractivity contribution is -0.384. The third-order valence-electron chi connectivity index (χ3n) is 3.85. The van der Waals surface area contributed by atoms with Crippen molar-refractivity contribution >= 4 is 40.4 Å². The number of aryl methyl sites for hydroxylation is 2. The Morgan fingerprint density at radius 1 is 1.22 bits per heavy atom. The Balaban J connectivity index is 1.58. The number of nitrogens with zero attached hydrogens (tertiary/aromatic N) is 2. The first-order valence-corrected chi connectivity index (χ1v) is 9.99. The fourth-order valence-corrected chi connectivity index (χ4v) is 4.03. The third-order valence-corrected chi connectivity index (χ3v) is 5.87. The second kappa shape index (κ2) is 8.32. The Kier molecular flexibility index (Phi) is 5.88. The van der Waals surface area contributed by atoms with E-state index in [1.807, 2.05) is 36.6 Å². The molecule has 0 atom stereocenters. The smallest absolute Gasteiger partial charge is 0.269 e. The summed E-state index contributed by atoms with van der Waals surface area (Å²) in [6.07, 6.45) is 0. The molecule has 0 aliphatic heterocycles. The van der Waals surface area contributed by atoms with Gasteiger partial charge in [0.1, 0.15) is 0 Å². The lowest BCUT2D eigenvalue weighted by Crippen LogP contribution is -2.14. The van der Waals surface area contributed by atoms with E-state index in [-0.39, 0.29) is 17.3 Å². The quantitative estimate of drug-likeness (QED) is 0.355. The van der Waals surface area contributed by atoms with Gasteiger partial charge in [-0.1, -0.05) is 41.6 Å². The van der Waals surface area contributed by atoms with E-state index < -0.39 is 4.92 Å². The van der Waals surface area contributed by atoms with E-state index in [9.17, 15) is 14.9 Å². The van der Waals surface area contributed by atoms with Crippen LogP contribution >= 0.6 is 23.1 Å². The number of thioether (sulfide) groups is 1. The number of nitro groups is 1. The molecule has 3 rings (SSSR count). The average Bonchev–Trinajstić information content (AvgIpc) is 3.11. The Labute approximate surface area is 164 Å². The Morgan fingerprint density at radius 2 is 1.96 bits per heavy atom. The highest BCUT2D eigenvalue weighted by Crippen LogP contribution is 2.29. The summed E-state index contributed by atoms with van der Waals surface area (Å²) in [4.78, 5) is 27.1. The standard InChI is InChI=1S/C19H17N3O3S2/c1-12-3-5-14(6-4-12)17-10-26-19(21-17)27-11-18(23)20-16-8-7-15(22(24)25)9-13(16)2/h3-10H,11H2,1-2H3,(H,20,23). The number of anilines is 1. The zero-order valence-corrected chi connectivity index (χ0v) is 16.4. The number of hydrogen-bond acceptors (Lipinski definition) is 6. The first-order chi connectivity index (χ1) is 12.9. The molecule has 0 saturated carbocycles. The first-order valence-electron chi connectivity index (χ1n) is 8.12. The van der Waals surface area contributed by atoms with Crippen molar-refractivity contribution in [2.45, 2.75) is 18.2 Å². The molecule has 0 aliphatic rings. The Hall–Kier alpha value is -2.71. The lowest BCUT2D eigenvalue weighted by atomic mass is 10.1. The highest BCUT2D eigenvalue weighted by Gasteiger charge is 2.12. The highest BCUT2D eigenvalue weighted by atomic mass is 32.2. The largest absolute Gasteiger partial charge is 0.325 e. The SMILES string of the molecule is Cc1ccc(-c2csc(SCC(=O)Nc3ccc([N+](=O)[O-])cc3C)n2)cc1. The third kappa shape index (κ3) is 4.93. The van der Waals surface area contributed by atoms with E-state index in [1.54, 1.807) is 13.0 Å². The van der Waals surface area contributed by atoms with Crippen LogP contribution in [0.1, 0.15) is 11.1 Å². The van der Waals surface area contributed by atoms with Gasteiger partial charge < -0.3 is 5.32 Å². The van der Waals surface area contributed by atoms with Crippen LogP contribution in [0.2, 0.25) is 0 Å². The molecule has 6 nitrogen and oxygen atoms in total. The summed E-state index contributed by atoms with van der Waals surface area (Å²) in [5.74, 6) is 0.0427. The van der Waals surface area contributed by atoms with Crippen LogP contribution < -0.4 is 5.32 Å². The van der Waals surface area contributed by atoms with Gasteiger partial charge in [-0.05, 0) is 25.5 Å². The van der Waals surface area contributed by atoms with Gasteiger partial charge in [0.05, 0.1) is 16.4 Å². The van der Waals surface area contributed by atoms with Crippen molar-refractivity contribution in [3.63, 3.8) is 0 Å². The predicted molar refractivity (Wildman–Crippen MR) is 109 cm³/mol. The van der Waals surface area contributed by atoms with Crippen LogP contribution in [0.5, 0.6) is 0 Å². The van der Waals surface area contributed by atoms with Gasteiger partial charge in [-0.25, -0.2) is 4.98 Å². The average molecular weight is 399 g/mol. The van der Waals surface area contributed by atoms with Crippen LogP contribution in [0.4, 0.5) is 11.4 Å². The number of carbonyl (C=O) groups excluding carboxylic acids is 1. The van der Waals surface area contributed by atoms with Gasteiger partial charge in [0, 0.05) is 28.8 Å². The molecule has 3 aromatic rings. The fourth-order valence-electron chi connectivity index (χ4n) is 2.40. The van der Waals surface area contributed by atoms with Crippen molar-refractivity contribution in [3.05, 3.63) is 69.1 Å². The number of amides is 1. The maximum Gasteiger partial charge on any atom is 0.269 e. The molecule has 0 aliphatic carbocycles. The molecule has 0 bridgehead atoms. The summed E-state index contributed by atoms with van der Waals surface area (Å²) in [7, 11) is 0. The molecule has 8 heteroatoms. The van der Waals surface area contributed by atoms with Crippen LogP contribution in [0.15, 0.2) is 52.2 Å². The van der Waals surface area contributed by atoms with E-state index >= 15 is 0 Å². The van der Waals surface area contributed by atoms with Crippen LogP contribution in [-0.2, 0) is 4.79 Å². The van der Waals surface area contributed by atoms with E-state index in [2.05, 4.69) is 10.3 Å². The van der Waals surface area contributed by atoms with Gasteiger partial charge in [-0.15, -0.1) is 11.3 Å². The van der Waals surface area contributed by atoms with Gasteiger partial charge in [-0.2, -0.15) is 0 Å². The molecule has 1 amide bonds. The monoisotopic (exact) mass is 399 g/mol. The van der Waals surface area contributed by atoms with Crippen LogP contribution in [0, 0.1) is 24.0 Å². The van der Waals surface area contributed by atoms with Crippen LogP contribution in [-0.4, -0.2) is 21.6 Å². The number of aromatic nitrogens is 1. The van der Waals surface area contributed by atoms with E-state index in [4.69, 9.17) is 0 Å². The second-order valence-corrected chi connectivity index (χ2v) is 8.04. The Morgan fingerprint density at radius 3 is 2.63 bits per heavy atom. The summed E-state index contributed by atoms with van der Waals surface area (Å²) in [6.45, 7) is 3.77. The number of nitro benzene ring substituents is 1. The van der Waals surface area contributed by atoms with Gasteiger partial charge >= 0.3 is 0 Å². The molecule has 1 N–H and O–H groups in total. The van der Waals surface area contributed by atoms with Gasteiger partial charge in [0.15, 0.2) is 4.34 Å². The number of carbonyl (C=O) groups is 1. The van der Waals surface area contributed by atoms with E-state index in [0.717, 1.165) is 15.6 Å². The normalized spacial score (nSPS) is 10.6. The molecule has 2 aromatic carbocycles. The number of nitrogens with one attached hydrogen (secondary N) is 1. The zero-order chi connectivity index (χ0) is 19.4. The fraction of sp³-hybridized carbons (Fsp3) is 0.158. The minimum absolute atomic E-state index is 0.00583. The van der Waals surface area contributed by atoms with E-state index in [1.165, 1.54) is 40.8 Å². The number of benzene rings is 2. The number of hydrogen-bond donors (Lipinski definition) is 1. The van der Waals surface area contributed by atoms with Crippen molar-refractivity contribution < 1.29 is 9.72 Å². The van der Waals surface area contributed by atoms with Gasteiger partial charge in [0.2, 0.25) is 5.91 Å². The highest BCUT2D eigenvalue weighted by molar-refractivity contribution is 8.01. The molecule has 1 heterocycles. The summed E-state index contributed by atoms with van der Waals surface area (Å²) < 4.78 is 0.821. The molecule has 0 fully saturated rings. The molecule has 0 radical (unpaired) electrons. The zero-order valence-electron chi connectivity index (χ0n) is 14.8. The van der Waals surface area contributed by atoms with Crippen molar-refractivity contribution in [1.82, 2.24) is 4.98 Å². The van der Waals surface area contributed by atoms with Crippen molar-refractivity contribution in [2.24, 2.45) is 0 Å². The van der Waals surface area contributed by atoms with Crippen LogP contribution in [0.25, 0.3) is 11.3 Å². The summed E-state index contributed by atoms with van der Waals surface area (Å²) in [5, 5.41) is 15.5. The summed E-state index contributed by atoms with van der Waals surface area (Å²) in [5.41, 5.74) is 4.38. The molecule has 27 heavy (non-hydrogen) atoms. The number of thiazole rings is 1. The van der Waals surface area contributed by atoms with Gasteiger partial charge in [0.25, 0.3) is 5.69 Å². The van der Waals surface area contributed by atoms with Crippen molar-refractivity contribution in [1.29, 1.82) is 0 Å². The molecular weight excluding hydrogens is 382 g/mol. The maximum absolute atomic E-state index is 12.2. The predicted octanol–water partition coefficient (Wildman–Crippen LogP) is 5.07.